The summed E-state index contributed by atoms with van der Waals surface area (Å²) < 4.78 is 13.5. The zero-order chi connectivity index (χ0) is 63.4. The van der Waals surface area contributed by atoms with E-state index >= 15 is 0 Å². The van der Waals surface area contributed by atoms with Crippen LogP contribution in [0.2, 0.25) is 0 Å². The predicted octanol–water partition coefficient (Wildman–Crippen LogP) is 21.8. The Hall–Kier alpha value is -11.3. The molecule has 0 spiro atoms. The molecule has 13 aromatic carbocycles. The summed E-state index contributed by atoms with van der Waals surface area (Å²) in [6.45, 7) is 6.70. The van der Waals surface area contributed by atoms with E-state index in [4.69, 9.17) is 9.72 Å². The molecule has 3 aliphatic rings. The van der Waals surface area contributed by atoms with Crippen LogP contribution in [0.3, 0.4) is 0 Å². The second-order valence-corrected chi connectivity index (χ2v) is 26.1. The van der Waals surface area contributed by atoms with Crippen molar-refractivity contribution in [2.24, 2.45) is 0 Å². The monoisotopic (exact) mass is 1410 g/mol. The molecule has 456 valence electrons. The summed E-state index contributed by atoms with van der Waals surface area (Å²) in [5.41, 5.74) is 24.7. The van der Waals surface area contributed by atoms with Crippen molar-refractivity contribution in [3.8, 4) is 61.8 Å². The number of fused-ring (bicyclic) bond motifs is 10. The fourth-order valence-corrected chi connectivity index (χ4v) is 15.8. The van der Waals surface area contributed by atoms with Crippen LogP contribution in [-0.2, 0) is 37.3 Å². The fraction of sp³-hybridized carbons (Fsp3) is 0.0667. The molecule has 96 heavy (non-hydrogen) atoms. The molecule has 6 heteroatoms. The van der Waals surface area contributed by atoms with Crippen LogP contribution in [0.4, 0.5) is 22.7 Å². The molecule has 5 nitrogen and oxygen atoms in total. The van der Waals surface area contributed by atoms with E-state index in [0.717, 1.165) is 72.6 Å². The summed E-state index contributed by atoms with van der Waals surface area (Å²) >= 11 is 0. The summed E-state index contributed by atoms with van der Waals surface area (Å²) in [7, 11) is 0. The SMILES string of the molecule is CC(C)(C)c1ccnc(-n2c3[c-]c(Oc4[c-]c([N+]5=C=[N+](c6c(-c7ccc8c(c7)C(c7ccccc7)(c7ccccc7)c7ccccc7-8)cccc6-c6ccc7c(c6)C(c6ccccc6)(c6ccccc6)c6ccccc6-7)c6ccccc65)ccc4)ccc3c3ccccc32)c1.[Pt+2]. The van der Waals surface area contributed by atoms with Gasteiger partial charge in [0.25, 0.3) is 11.4 Å². The average molecular weight is 1410 g/mol. The van der Waals surface area contributed by atoms with Crippen LogP contribution >= 0.6 is 0 Å². The van der Waals surface area contributed by atoms with Crippen molar-refractivity contribution in [2.45, 2.75) is 37.0 Å². The molecule has 18 rings (SSSR count). The van der Waals surface area contributed by atoms with E-state index in [1.165, 1.54) is 72.3 Å². The van der Waals surface area contributed by atoms with E-state index in [1.807, 2.05) is 24.4 Å². The number of aromatic nitrogens is 2. The maximum atomic E-state index is 6.87. The van der Waals surface area contributed by atoms with Crippen molar-refractivity contribution in [1.82, 2.24) is 18.7 Å². The topological polar surface area (TPSA) is 33.1 Å². The van der Waals surface area contributed by atoms with Crippen molar-refractivity contribution in [3.05, 3.63) is 384 Å². The van der Waals surface area contributed by atoms with Crippen LogP contribution in [0.25, 0.3) is 72.1 Å². The van der Waals surface area contributed by atoms with Gasteiger partial charge in [-0.2, -0.15) is 12.1 Å². The third-order valence-corrected chi connectivity index (χ3v) is 20.0. The molecule has 0 unspecified atom stereocenters. The number of hydrogen-bond donors (Lipinski definition) is 0. The van der Waals surface area contributed by atoms with E-state index in [1.54, 1.807) is 0 Å². The maximum absolute atomic E-state index is 6.87. The van der Waals surface area contributed by atoms with Gasteiger partial charge in [0.1, 0.15) is 11.5 Å². The van der Waals surface area contributed by atoms with Gasteiger partial charge >= 0.3 is 27.1 Å². The Kier molecular flexibility index (Phi) is 14.0. The van der Waals surface area contributed by atoms with Crippen molar-refractivity contribution in [2.75, 3.05) is 0 Å². The second kappa shape index (κ2) is 23.0. The van der Waals surface area contributed by atoms with Crippen LogP contribution in [0.5, 0.6) is 11.5 Å². The Labute approximate surface area is 573 Å². The standard InChI is InChI=1S/C90H62N4O.Pt/c1-88(2,3)66-52-53-91-86(56-66)94-82-43-21-18-38-76(82)77-51-48-69(58-85(77)94)95-68-35-24-34-67(57-68)92-59-93(84-45-23-22-44-83(84)92)87-70(60-46-49-74-72-36-16-19-41-78(72)89(80(74)54-60,62-26-8-4-9-27-62)63-28-10-5-11-29-63)39-25-40-71(87)61-47-50-75-73-37-17-20-42-79(73)90(81(75)55-61,64-30-12-6-13-31-64)65-32-14-7-15-33-65;/h4-56H,1-3H3;/q;+2. The molecular weight excluding hydrogens is 1350 g/mol. The van der Waals surface area contributed by atoms with Gasteiger partial charge in [-0.05, 0) is 141 Å². The first-order chi connectivity index (χ1) is 46.7. The number of hydrogen-bond acceptors (Lipinski definition) is 2. The first-order valence-corrected chi connectivity index (χ1v) is 32.7. The van der Waals surface area contributed by atoms with Crippen LogP contribution in [0.15, 0.2) is 322 Å². The number of rotatable bonds is 11. The molecule has 0 saturated heterocycles. The van der Waals surface area contributed by atoms with Gasteiger partial charge in [0, 0.05) is 35.3 Å². The van der Waals surface area contributed by atoms with Crippen LogP contribution in [0, 0.1) is 12.1 Å². The smallest absolute Gasteiger partial charge is 0.509 e. The minimum atomic E-state index is -0.606. The van der Waals surface area contributed by atoms with Crippen LogP contribution in [0.1, 0.15) is 70.8 Å². The van der Waals surface area contributed by atoms with Gasteiger partial charge in [0.2, 0.25) is 5.69 Å². The van der Waals surface area contributed by atoms with E-state index in [-0.39, 0.29) is 26.5 Å². The molecular formula is C90H62N4OPt+2. The Morgan fingerprint density at radius 1 is 0.396 bits per heavy atom. The van der Waals surface area contributed by atoms with Crippen molar-refractivity contribution < 1.29 is 25.8 Å². The second-order valence-electron chi connectivity index (χ2n) is 26.1. The molecule has 0 N–H and O–H groups in total. The number of benzene rings is 13. The first kappa shape index (κ1) is 58.5. The van der Waals surface area contributed by atoms with Gasteiger partial charge in [-0.15, -0.1) is 23.6 Å². The van der Waals surface area contributed by atoms with Gasteiger partial charge in [0.15, 0.2) is 0 Å². The first-order valence-electron chi connectivity index (χ1n) is 32.7. The summed E-state index contributed by atoms with van der Waals surface area (Å²) in [5, 5.41) is 2.19. The molecule has 0 saturated carbocycles. The number of ether oxygens (including phenoxy) is 1. The number of nitrogens with zero attached hydrogens (tertiary/aromatic N) is 4. The van der Waals surface area contributed by atoms with Gasteiger partial charge in [-0.1, -0.05) is 274 Å². The summed E-state index contributed by atoms with van der Waals surface area (Å²) in [6.07, 6.45) is 1.91. The molecule has 0 atom stereocenters. The molecule has 2 aromatic heterocycles. The molecule has 0 radical (unpaired) electrons. The number of para-hydroxylation sites is 4. The zero-order valence-corrected chi connectivity index (χ0v) is 55.4. The van der Waals surface area contributed by atoms with Crippen molar-refractivity contribution >= 4 is 50.6 Å². The molecule has 0 bridgehead atoms. The van der Waals surface area contributed by atoms with Crippen molar-refractivity contribution in [3.63, 3.8) is 0 Å². The van der Waals surface area contributed by atoms with Gasteiger partial charge in [-0.25, -0.2) is 4.98 Å². The molecule has 2 aliphatic carbocycles. The van der Waals surface area contributed by atoms with Crippen molar-refractivity contribution in [1.29, 1.82) is 0 Å². The molecule has 0 amide bonds. The summed E-state index contributed by atoms with van der Waals surface area (Å²) in [6, 6.07) is 127. The van der Waals surface area contributed by atoms with Gasteiger partial charge in [-0.3, -0.25) is 0 Å². The third-order valence-electron chi connectivity index (χ3n) is 20.0. The van der Waals surface area contributed by atoms with Gasteiger partial charge < -0.3 is 9.30 Å². The molecule has 3 heterocycles. The zero-order valence-electron chi connectivity index (χ0n) is 53.1. The predicted molar refractivity (Wildman–Crippen MR) is 388 cm³/mol. The average Bonchev–Trinajstić information content (AvgIpc) is 1.53. The van der Waals surface area contributed by atoms with Gasteiger partial charge in [0.05, 0.1) is 22.0 Å². The van der Waals surface area contributed by atoms with Crippen LogP contribution in [-0.4, -0.2) is 15.6 Å². The Balaban J connectivity index is 0.00000697. The fourth-order valence-electron chi connectivity index (χ4n) is 15.8. The normalized spacial score (nSPS) is 13.6. The molecule has 1 aliphatic heterocycles. The minimum absolute atomic E-state index is 0. The Bertz CT molecular complexity index is 5380. The van der Waals surface area contributed by atoms with E-state index in [0.29, 0.717) is 11.5 Å². The number of pyridine rings is 1. The van der Waals surface area contributed by atoms with E-state index < -0.39 is 10.8 Å². The largest absolute Gasteiger partial charge is 2.00 e. The third kappa shape index (κ3) is 8.99. The Morgan fingerprint density at radius 2 is 0.865 bits per heavy atom. The Morgan fingerprint density at radius 3 is 1.43 bits per heavy atom. The van der Waals surface area contributed by atoms with E-state index in [9.17, 15) is 0 Å². The summed E-state index contributed by atoms with van der Waals surface area (Å²) in [5.74, 6) is 1.95. The quantitative estimate of drug-likeness (QED) is 0.0955. The van der Waals surface area contributed by atoms with E-state index in [2.05, 4.69) is 350 Å². The molecule has 0 fully saturated rings. The van der Waals surface area contributed by atoms with Crippen LogP contribution < -0.4 is 13.9 Å². The maximum Gasteiger partial charge on any atom is 2.00 e. The molecule has 15 aromatic rings. The summed E-state index contributed by atoms with van der Waals surface area (Å²) in [4.78, 5) is 4.94. The minimum Gasteiger partial charge on any atom is -0.509 e.